The monoisotopic (exact) mass is 424 g/mol. The molecule has 0 unspecified atom stereocenters. The van der Waals surface area contributed by atoms with Gasteiger partial charge in [-0.15, -0.1) is 0 Å². The third-order valence-corrected chi connectivity index (χ3v) is 12.9. The maximum absolute atomic E-state index is 12.9. The third kappa shape index (κ3) is 2.53. The molecule has 1 heteroatoms. The van der Waals surface area contributed by atoms with Gasteiger partial charge in [0.15, 0.2) is 0 Å². The van der Waals surface area contributed by atoms with Gasteiger partial charge in [-0.1, -0.05) is 66.5 Å². The third-order valence-electron chi connectivity index (χ3n) is 12.9. The quantitative estimate of drug-likeness (QED) is 0.386. The zero-order chi connectivity index (χ0) is 22.6. The van der Waals surface area contributed by atoms with E-state index in [1.807, 2.05) is 11.1 Å². The zero-order valence-electron chi connectivity index (χ0n) is 21.8. The molecule has 0 radical (unpaired) electrons. The van der Waals surface area contributed by atoms with Crippen molar-refractivity contribution in [3.05, 3.63) is 11.1 Å². The van der Waals surface area contributed by atoms with Gasteiger partial charge in [0.2, 0.25) is 0 Å². The van der Waals surface area contributed by atoms with Crippen molar-refractivity contribution < 1.29 is 4.79 Å². The summed E-state index contributed by atoms with van der Waals surface area (Å²) in [4.78, 5) is 12.9. The topological polar surface area (TPSA) is 17.1 Å². The summed E-state index contributed by atoms with van der Waals surface area (Å²) < 4.78 is 0. The van der Waals surface area contributed by atoms with Crippen LogP contribution in [0.3, 0.4) is 0 Å². The molecule has 5 rings (SSSR count). The lowest BCUT2D eigenvalue weighted by Crippen LogP contribution is -2.63. The average molecular weight is 425 g/mol. The normalized spacial score (nSPS) is 51.3. The van der Waals surface area contributed by atoms with E-state index in [-0.39, 0.29) is 5.41 Å². The van der Waals surface area contributed by atoms with Crippen LogP contribution >= 0.6 is 0 Å². The first-order valence-corrected chi connectivity index (χ1v) is 13.6. The number of carbonyl (C=O) groups excluding carboxylic acids is 1. The summed E-state index contributed by atoms with van der Waals surface area (Å²) in [5.41, 5.74) is 5.26. The van der Waals surface area contributed by atoms with Crippen LogP contribution in [0, 0.1) is 50.7 Å². The lowest BCUT2D eigenvalue weighted by atomic mass is 9.34. The van der Waals surface area contributed by atoms with Gasteiger partial charge in [0.25, 0.3) is 0 Å². The average Bonchev–Trinajstić information content (AvgIpc) is 3.03. The SMILES string of the molecule is CC(C)[C@@H]1CCC2=C3CC[C@@H]4[C@@]5(C)CCC(=O)C(C)(C)[C@@H]5CC[C@]4(C)[C@@]3(C)CC[C@]21C. The molecule has 31 heavy (non-hydrogen) atoms. The number of Topliss-reactive ketones (excluding diaryl/α,β-unsaturated/α-hetero) is 1. The van der Waals surface area contributed by atoms with Gasteiger partial charge >= 0.3 is 0 Å². The molecule has 174 valence electrons. The standard InChI is InChI=1S/C30H48O/c1-19(2)20-9-10-21-22-11-12-24-28(6)15-14-25(31)26(3,4)23(28)13-16-30(24,8)29(22,7)18-17-27(20,21)5/h19-20,23-24H,9-18H2,1-8H3/t20-,23-,24+,27-,28-,29-,30-/m0/s1. The molecule has 5 aliphatic carbocycles. The summed E-state index contributed by atoms with van der Waals surface area (Å²) in [5.74, 6) is 3.55. The van der Waals surface area contributed by atoms with E-state index in [1.165, 1.54) is 51.4 Å². The molecule has 7 atom stereocenters. The molecule has 0 N–H and O–H groups in total. The Kier molecular flexibility index (Phi) is 4.66. The van der Waals surface area contributed by atoms with Gasteiger partial charge in [0.1, 0.15) is 5.78 Å². The molecular weight excluding hydrogens is 376 g/mol. The minimum Gasteiger partial charge on any atom is -0.299 e. The van der Waals surface area contributed by atoms with Crippen LogP contribution in [-0.4, -0.2) is 5.78 Å². The van der Waals surface area contributed by atoms with E-state index in [1.54, 1.807) is 0 Å². The zero-order valence-corrected chi connectivity index (χ0v) is 21.8. The Morgan fingerprint density at radius 2 is 1.42 bits per heavy atom. The molecular formula is C30H48O. The van der Waals surface area contributed by atoms with Crippen molar-refractivity contribution in [1.29, 1.82) is 0 Å². The number of fused-ring (bicyclic) bond motifs is 6. The Hall–Kier alpha value is -0.590. The first kappa shape index (κ1) is 22.2. The first-order chi connectivity index (χ1) is 14.3. The molecule has 0 aromatic carbocycles. The van der Waals surface area contributed by atoms with Crippen LogP contribution in [-0.2, 0) is 4.79 Å². The van der Waals surface area contributed by atoms with Crippen LogP contribution in [0.4, 0.5) is 0 Å². The van der Waals surface area contributed by atoms with Gasteiger partial charge < -0.3 is 0 Å². The smallest absolute Gasteiger partial charge is 0.138 e. The predicted octanol–water partition coefficient (Wildman–Crippen LogP) is 8.38. The van der Waals surface area contributed by atoms with E-state index in [9.17, 15) is 4.79 Å². The minimum atomic E-state index is -0.130. The van der Waals surface area contributed by atoms with Crippen molar-refractivity contribution in [2.45, 2.75) is 120 Å². The van der Waals surface area contributed by atoms with Crippen molar-refractivity contribution in [3.8, 4) is 0 Å². The molecule has 1 nitrogen and oxygen atoms in total. The molecule has 0 aliphatic heterocycles. The predicted molar refractivity (Wildman–Crippen MR) is 130 cm³/mol. The summed E-state index contributed by atoms with van der Waals surface area (Å²) in [6, 6.07) is 0. The van der Waals surface area contributed by atoms with Gasteiger partial charge in [0, 0.05) is 11.8 Å². The molecule has 4 saturated carbocycles. The maximum atomic E-state index is 12.9. The van der Waals surface area contributed by atoms with Crippen LogP contribution in [0.15, 0.2) is 11.1 Å². The highest BCUT2D eigenvalue weighted by molar-refractivity contribution is 5.85. The molecule has 4 fully saturated rings. The van der Waals surface area contributed by atoms with Crippen molar-refractivity contribution in [3.63, 3.8) is 0 Å². The molecule has 0 aromatic rings. The molecule has 0 bridgehead atoms. The Bertz CT molecular complexity index is 831. The fourth-order valence-corrected chi connectivity index (χ4v) is 11.0. The number of allylic oxidation sites excluding steroid dienone is 2. The van der Waals surface area contributed by atoms with Crippen LogP contribution in [0.2, 0.25) is 0 Å². The molecule has 0 aromatic heterocycles. The summed E-state index contributed by atoms with van der Waals surface area (Å²) in [6.07, 6.45) is 12.8. The first-order valence-electron chi connectivity index (χ1n) is 13.6. The highest BCUT2D eigenvalue weighted by Gasteiger charge is 2.67. The largest absolute Gasteiger partial charge is 0.299 e. The molecule has 0 spiro atoms. The minimum absolute atomic E-state index is 0.130. The highest BCUT2D eigenvalue weighted by atomic mass is 16.1. The fraction of sp³-hybridized carbons (Fsp3) is 0.900. The number of ketones is 1. The summed E-state index contributed by atoms with van der Waals surface area (Å²) >= 11 is 0. The van der Waals surface area contributed by atoms with Crippen molar-refractivity contribution in [1.82, 2.24) is 0 Å². The maximum Gasteiger partial charge on any atom is 0.138 e. The Morgan fingerprint density at radius 3 is 2.10 bits per heavy atom. The van der Waals surface area contributed by atoms with Gasteiger partial charge in [-0.2, -0.15) is 0 Å². The van der Waals surface area contributed by atoms with Crippen LogP contribution in [0.1, 0.15) is 120 Å². The molecule has 0 saturated heterocycles. The van der Waals surface area contributed by atoms with Gasteiger partial charge in [0.05, 0.1) is 0 Å². The second kappa shape index (κ2) is 6.50. The highest BCUT2D eigenvalue weighted by Crippen LogP contribution is 2.75. The van der Waals surface area contributed by atoms with E-state index in [0.717, 1.165) is 30.6 Å². The van der Waals surface area contributed by atoms with E-state index >= 15 is 0 Å². The van der Waals surface area contributed by atoms with E-state index in [4.69, 9.17) is 0 Å². The van der Waals surface area contributed by atoms with Gasteiger partial charge in [-0.3, -0.25) is 4.79 Å². The second-order valence-electron chi connectivity index (χ2n) is 14.3. The van der Waals surface area contributed by atoms with Crippen molar-refractivity contribution >= 4 is 5.78 Å². The van der Waals surface area contributed by atoms with Crippen LogP contribution in [0.25, 0.3) is 0 Å². The summed E-state index contributed by atoms with van der Waals surface area (Å²) in [6.45, 7) is 20.1. The summed E-state index contributed by atoms with van der Waals surface area (Å²) in [5, 5.41) is 0. The lowest BCUT2D eigenvalue weighted by molar-refractivity contribution is -0.184. The molecule has 0 amide bonds. The Morgan fingerprint density at radius 1 is 0.742 bits per heavy atom. The van der Waals surface area contributed by atoms with E-state index in [0.29, 0.717) is 33.4 Å². The molecule has 5 aliphatic rings. The number of carbonyl (C=O) groups is 1. The Labute approximate surface area is 192 Å². The Balaban J connectivity index is 1.58. The van der Waals surface area contributed by atoms with Crippen LogP contribution in [0.5, 0.6) is 0 Å². The van der Waals surface area contributed by atoms with Gasteiger partial charge in [-0.05, 0) is 103 Å². The van der Waals surface area contributed by atoms with Crippen molar-refractivity contribution in [2.75, 3.05) is 0 Å². The molecule has 0 heterocycles. The fourth-order valence-electron chi connectivity index (χ4n) is 11.0. The van der Waals surface area contributed by atoms with Gasteiger partial charge in [-0.25, -0.2) is 0 Å². The van der Waals surface area contributed by atoms with Crippen LogP contribution < -0.4 is 0 Å². The number of rotatable bonds is 1. The number of hydrogen-bond donors (Lipinski definition) is 0. The second-order valence-corrected chi connectivity index (χ2v) is 14.3. The van der Waals surface area contributed by atoms with E-state index in [2.05, 4.69) is 55.4 Å². The van der Waals surface area contributed by atoms with Crippen molar-refractivity contribution in [2.24, 2.45) is 50.7 Å². The van der Waals surface area contributed by atoms with E-state index < -0.39 is 0 Å². The number of hydrogen-bond acceptors (Lipinski definition) is 1. The lowest BCUT2D eigenvalue weighted by Gasteiger charge is -2.70. The summed E-state index contributed by atoms with van der Waals surface area (Å²) in [7, 11) is 0.